The maximum atomic E-state index is 13.0. The molecule has 2 rings (SSSR count). The summed E-state index contributed by atoms with van der Waals surface area (Å²) in [7, 11) is 0. The van der Waals surface area contributed by atoms with E-state index in [-0.39, 0.29) is 17.9 Å². The van der Waals surface area contributed by atoms with Gasteiger partial charge >= 0.3 is 0 Å². The van der Waals surface area contributed by atoms with Gasteiger partial charge < -0.3 is 10.8 Å². The quantitative estimate of drug-likeness (QED) is 0.797. The molecule has 0 heterocycles. The van der Waals surface area contributed by atoms with Crippen molar-refractivity contribution in [2.24, 2.45) is 11.7 Å². The smallest absolute Gasteiger partial charge is 0.159 e. The van der Waals surface area contributed by atoms with E-state index in [0.29, 0.717) is 10.8 Å². The molecule has 1 aliphatic carbocycles. The molecule has 1 aromatic rings. The largest absolute Gasteiger partial charge is 0.395 e. The first-order valence-electron chi connectivity index (χ1n) is 5.60. The summed E-state index contributed by atoms with van der Waals surface area (Å²) in [5.74, 6) is -1.27. The summed E-state index contributed by atoms with van der Waals surface area (Å²) in [5, 5.41) is 9.13. The fraction of sp³-hybridized carbons (Fsp3) is 0.500. The van der Waals surface area contributed by atoms with Gasteiger partial charge in [-0.2, -0.15) is 0 Å². The third-order valence-electron chi connectivity index (χ3n) is 2.95. The number of benzene rings is 1. The van der Waals surface area contributed by atoms with E-state index in [1.807, 2.05) is 0 Å². The predicted octanol–water partition coefficient (Wildman–Crippen LogP) is 2.16. The Labute approximate surface area is 103 Å². The summed E-state index contributed by atoms with van der Waals surface area (Å²) < 4.78 is 25.8. The van der Waals surface area contributed by atoms with Crippen LogP contribution in [0.3, 0.4) is 0 Å². The topological polar surface area (TPSA) is 46.2 Å². The van der Waals surface area contributed by atoms with Gasteiger partial charge in [-0.05, 0) is 37.0 Å². The Morgan fingerprint density at radius 1 is 1.35 bits per heavy atom. The van der Waals surface area contributed by atoms with Crippen molar-refractivity contribution >= 4 is 11.8 Å². The first kappa shape index (κ1) is 12.8. The number of rotatable bonds is 5. The minimum absolute atomic E-state index is 0.0542. The van der Waals surface area contributed by atoms with Crippen LogP contribution in [0.4, 0.5) is 8.78 Å². The van der Waals surface area contributed by atoms with E-state index in [9.17, 15) is 13.9 Å². The summed E-state index contributed by atoms with van der Waals surface area (Å²) in [6, 6.07) is 3.65. The lowest BCUT2D eigenvalue weighted by Gasteiger charge is -2.21. The normalized spacial score (nSPS) is 19.1. The number of hydrogen-bond donors (Lipinski definition) is 2. The molecule has 5 heteroatoms. The average molecular weight is 259 g/mol. The van der Waals surface area contributed by atoms with Crippen LogP contribution in [0, 0.1) is 17.6 Å². The Balaban J connectivity index is 2.04. The van der Waals surface area contributed by atoms with Gasteiger partial charge in [0.25, 0.3) is 0 Å². The molecule has 1 saturated carbocycles. The van der Waals surface area contributed by atoms with Crippen LogP contribution in [-0.2, 0) is 0 Å². The van der Waals surface area contributed by atoms with Gasteiger partial charge in [0.05, 0.1) is 6.61 Å². The lowest BCUT2D eigenvalue weighted by molar-refractivity contribution is 0.277. The highest BCUT2D eigenvalue weighted by Crippen LogP contribution is 2.37. The van der Waals surface area contributed by atoms with Crippen molar-refractivity contribution in [1.29, 1.82) is 0 Å². The molecule has 2 nitrogen and oxygen atoms in total. The average Bonchev–Trinajstić information content (AvgIpc) is 3.13. The van der Waals surface area contributed by atoms with Crippen molar-refractivity contribution in [1.82, 2.24) is 0 Å². The molecule has 0 aromatic heterocycles. The van der Waals surface area contributed by atoms with Crippen LogP contribution in [0.15, 0.2) is 23.1 Å². The fourth-order valence-electron chi connectivity index (χ4n) is 1.75. The van der Waals surface area contributed by atoms with Gasteiger partial charge in [-0.1, -0.05) is 0 Å². The summed E-state index contributed by atoms with van der Waals surface area (Å²) in [4.78, 5) is 0.596. The maximum Gasteiger partial charge on any atom is 0.159 e. The standard InChI is InChI=1S/C12H15F2NOS/c13-9-4-3-8(5-10(9)14)17-11(6-16)12(15)7-1-2-7/h3-5,7,11-12,16H,1-2,6,15H2. The molecule has 3 N–H and O–H groups in total. The van der Waals surface area contributed by atoms with E-state index < -0.39 is 11.6 Å². The minimum atomic E-state index is -0.869. The lowest BCUT2D eigenvalue weighted by Crippen LogP contribution is -2.36. The Bertz CT molecular complexity index is 398. The molecule has 0 saturated heterocycles. The summed E-state index contributed by atoms with van der Waals surface area (Å²) >= 11 is 1.31. The summed E-state index contributed by atoms with van der Waals surface area (Å²) in [5.41, 5.74) is 6.00. The van der Waals surface area contributed by atoms with Crippen LogP contribution in [0.2, 0.25) is 0 Å². The number of aliphatic hydroxyl groups is 1. The predicted molar refractivity (Wildman–Crippen MR) is 63.8 cm³/mol. The van der Waals surface area contributed by atoms with E-state index in [2.05, 4.69) is 0 Å². The maximum absolute atomic E-state index is 13.0. The molecule has 0 aliphatic heterocycles. The van der Waals surface area contributed by atoms with Crippen molar-refractivity contribution in [3.8, 4) is 0 Å². The second-order valence-corrected chi connectivity index (χ2v) is 5.64. The molecular formula is C12H15F2NOS. The molecule has 2 unspecified atom stereocenters. The van der Waals surface area contributed by atoms with Crippen molar-refractivity contribution in [3.05, 3.63) is 29.8 Å². The molecule has 0 radical (unpaired) electrons. The van der Waals surface area contributed by atoms with Gasteiger partial charge in [-0.25, -0.2) is 8.78 Å². The van der Waals surface area contributed by atoms with E-state index in [4.69, 9.17) is 5.73 Å². The monoisotopic (exact) mass is 259 g/mol. The van der Waals surface area contributed by atoms with Crippen LogP contribution in [0.25, 0.3) is 0 Å². The van der Waals surface area contributed by atoms with Crippen molar-refractivity contribution < 1.29 is 13.9 Å². The molecule has 0 amide bonds. The molecule has 1 aliphatic rings. The number of aliphatic hydroxyl groups excluding tert-OH is 1. The summed E-state index contributed by atoms with van der Waals surface area (Å²) in [6.45, 7) is -0.0542. The van der Waals surface area contributed by atoms with Crippen molar-refractivity contribution in [3.63, 3.8) is 0 Å². The SMILES string of the molecule is NC(C1CC1)C(CO)Sc1ccc(F)c(F)c1. The van der Waals surface area contributed by atoms with Gasteiger partial charge in [0.1, 0.15) is 0 Å². The van der Waals surface area contributed by atoms with Gasteiger partial charge in [-0.15, -0.1) is 11.8 Å². The van der Waals surface area contributed by atoms with Gasteiger partial charge in [-0.3, -0.25) is 0 Å². The first-order valence-corrected chi connectivity index (χ1v) is 6.48. The Kier molecular flexibility index (Phi) is 4.01. The Morgan fingerprint density at radius 2 is 2.06 bits per heavy atom. The number of hydrogen-bond acceptors (Lipinski definition) is 3. The van der Waals surface area contributed by atoms with Crippen molar-refractivity contribution in [2.45, 2.75) is 29.0 Å². The van der Waals surface area contributed by atoms with E-state index in [1.165, 1.54) is 17.8 Å². The fourth-order valence-corrected chi connectivity index (χ4v) is 2.87. The number of thioether (sulfide) groups is 1. The van der Waals surface area contributed by atoms with Crippen LogP contribution >= 0.6 is 11.8 Å². The zero-order valence-electron chi connectivity index (χ0n) is 9.27. The minimum Gasteiger partial charge on any atom is -0.395 e. The zero-order valence-corrected chi connectivity index (χ0v) is 10.1. The first-order chi connectivity index (χ1) is 8.11. The van der Waals surface area contributed by atoms with Crippen molar-refractivity contribution in [2.75, 3.05) is 6.61 Å². The second kappa shape index (κ2) is 5.33. The molecule has 1 fully saturated rings. The van der Waals surface area contributed by atoms with E-state index in [1.54, 1.807) is 0 Å². The number of nitrogens with two attached hydrogens (primary N) is 1. The molecule has 2 atom stereocenters. The van der Waals surface area contributed by atoms with Gasteiger partial charge in [0.15, 0.2) is 11.6 Å². The van der Waals surface area contributed by atoms with Crippen LogP contribution in [-0.4, -0.2) is 23.0 Å². The molecule has 94 valence electrons. The Hall–Kier alpha value is -0.650. The van der Waals surface area contributed by atoms with Crippen LogP contribution < -0.4 is 5.73 Å². The molecule has 0 spiro atoms. The molecule has 17 heavy (non-hydrogen) atoms. The zero-order chi connectivity index (χ0) is 12.4. The van der Waals surface area contributed by atoms with E-state index >= 15 is 0 Å². The molecular weight excluding hydrogens is 244 g/mol. The van der Waals surface area contributed by atoms with E-state index in [0.717, 1.165) is 25.0 Å². The third kappa shape index (κ3) is 3.18. The van der Waals surface area contributed by atoms with Gasteiger partial charge in [0, 0.05) is 16.2 Å². The third-order valence-corrected chi connectivity index (χ3v) is 4.25. The van der Waals surface area contributed by atoms with Gasteiger partial charge in [0.2, 0.25) is 0 Å². The number of halogens is 2. The Morgan fingerprint density at radius 3 is 2.59 bits per heavy atom. The highest BCUT2D eigenvalue weighted by atomic mass is 32.2. The molecule has 1 aromatic carbocycles. The lowest BCUT2D eigenvalue weighted by atomic mass is 10.1. The highest BCUT2D eigenvalue weighted by molar-refractivity contribution is 8.00. The van der Waals surface area contributed by atoms with Crippen LogP contribution in [0.1, 0.15) is 12.8 Å². The summed E-state index contributed by atoms with van der Waals surface area (Å²) in [6.07, 6.45) is 2.19. The highest BCUT2D eigenvalue weighted by Gasteiger charge is 2.34. The van der Waals surface area contributed by atoms with Crippen LogP contribution in [0.5, 0.6) is 0 Å². The molecule has 0 bridgehead atoms. The second-order valence-electron chi connectivity index (χ2n) is 4.33.